The number of carbonyl (C=O) groups is 1. The molecular weight excluding hydrogens is 328 g/mol. The van der Waals surface area contributed by atoms with Crippen LogP contribution in [0, 0.1) is 11.1 Å². The largest absolute Gasteiger partial charge is 0.632 e. The molecule has 0 radical (unpaired) electrons. The lowest BCUT2D eigenvalue weighted by atomic mass is 9.57. The molecule has 1 aromatic rings. The van der Waals surface area contributed by atoms with Crippen LogP contribution in [0.1, 0.15) is 24.8 Å². The zero-order valence-electron chi connectivity index (χ0n) is 14.6. The number of aliphatic hydroxyl groups excluding tert-OH is 1. The van der Waals surface area contributed by atoms with E-state index in [1.165, 1.54) is 11.1 Å². The van der Waals surface area contributed by atoms with Gasteiger partial charge in [0.25, 0.3) is 0 Å². The number of hydrogen-bond acceptors (Lipinski definition) is 3. The first-order valence-corrected chi connectivity index (χ1v) is 9.59. The molecule has 134 valence electrons. The number of carbonyl (C=O) groups excluding carboxylic acids is 1. The van der Waals surface area contributed by atoms with Crippen molar-refractivity contribution in [2.75, 3.05) is 24.6 Å². The van der Waals surface area contributed by atoms with Crippen LogP contribution in [0.2, 0.25) is 0 Å². The van der Waals surface area contributed by atoms with Gasteiger partial charge in [0.1, 0.15) is 12.6 Å². The predicted molar refractivity (Wildman–Crippen MR) is 97.1 cm³/mol. The summed E-state index contributed by atoms with van der Waals surface area (Å²) in [7, 11) is 0. The quantitative estimate of drug-likeness (QED) is 0.479. The first kappa shape index (κ1) is 15.1. The lowest BCUT2D eigenvalue weighted by Gasteiger charge is -2.59. The van der Waals surface area contributed by atoms with Gasteiger partial charge in [-0.15, -0.1) is 0 Å². The third kappa shape index (κ3) is 1.49. The number of benzene rings is 1. The molecule has 6 rings (SSSR count). The Morgan fingerprint density at radius 1 is 1.38 bits per heavy atom. The predicted octanol–water partition coefficient (Wildman–Crippen LogP) is 2.01. The maximum atomic E-state index is 13.8. The second-order valence-corrected chi connectivity index (χ2v) is 8.48. The molecule has 2 saturated heterocycles. The number of para-hydroxylation sites is 1. The van der Waals surface area contributed by atoms with Crippen molar-refractivity contribution in [3.05, 3.63) is 58.3 Å². The van der Waals surface area contributed by atoms with Gasteiger partial charge in [-0.1, -0.05) is 30.4 Å². The van der Waals surface area contributed by atoms with Crippen LogP contribution in [-0.4, -0.2) is 47.4 Å². The third-order valence-electron chi connectivity index (χ3n) is 7.69. The Bertz CT molecular complexity index is 906. The molecule has 1 amide bonds. The lowest BCUT2D eigenvalue weighted by Crippen LogP contribution is -2.67. The van der Waals surface area contributed by atoms with Gasteiger partial charge < -0.3 is 19.9 Å². The fraction of sp³-hybridized carbons (Fsp3) is 0.476. The molecule has 1 aliphatic carbocycles. The van der Waals surface area contributed by atoms with Crippen LogP contribution in [0.25, 0.3) is 0 Å². The zero-order valence-corrected chi connectivity index (χ0v) is 14.6. The van der Waals surface area contributed by atoms with Crippen LogP contribution in [0.4, 0.5) is 5.69 Å². The highest BCUT2D eigenvalue weighted by Crippen LogP contribution is 2.65. The van der Waals surface area contributed by atoms with Crippen LogP contribution < -0.4 is 4.90 Å². The summed E-state index contributed by atoms with van der Waals surface area (Å²) in [5.41, 5.74) is 4.37. The number of anilines is 1. The van der Waals surface area contributed by atoms with E-state index < -0.39 is 0 Å². The fourth-order valence-corrected chi connectivity index (χ4v) is 6.88. The molecule has 1 aromatic carbocycles. The molecule has 1 spiro atoms. The van der Waals surface area contributed by atoms with Crippen LogP contribution >= 0.6 is 0 Å². The summed E-state index contributed by atoms with van der Waals surface area (Å²) in [6.07, 6.45) is 6.08. The second-order valence-electron chi connectivity index (χ2n) is 8.48. The van der Waals surface area contributed by atoms with Crippen molar-refractivity contribution in [3.8, 4) is 0 Å². The molecule has 3 fully saturated rings. The molecule has 5 heteroatoms. The van der Waals surface area contributed by atoms with Crippen molar-refractivity contribution in [1.82, 2.24) is 0 Å². The molecule has 2 bridgehead atoms. The number of hydrogen-bond donors (Lipinski definition) is 1. The van der Waals surface area contributed by atoms with Crippen LogP contribution in [0.15, 0.2) is 47.6 Å². The first-order valence-electron chi connectivity index (χ1n) is 9.59. The van der Waals surface area contributed by atoms with E-state index in [4.69, 9.17) is 0 Å². The first-order chi connectivity index (χ1) is 12.6. The lowest BCUT2D eigenvalue weighted by molar-refractivity contribution is -0.896. The van der Waals surface area contributed by atoms with Crippen molar-refractivity contribution in [2.45, 2.75) is 36.8 Å². The van der Waals surface area contributed by atoms with E-state index in [9.17, 15) is 15.1 Å². The minimum atomic E-state index is -0.235. The van der Waals surface area contributed by atoms with Gasteiger partial charge in [-0.2, -0.15) is 0 Å². The van der Waals surface area contributed by atoms with Crippen LogP contribution in [-0.2, 0) is 10.2 Å². The van der Waals surface area contributed by atoms with Crippen molar-refractivity contribution in [1.29, 1.82) is 0 Å². The number of piperidine rings is 1. The SMILES string of the molecule is O=C1CC=C2C3CC4C5(CC[N+]4([O-])C/C3=C/CO)c3ccccc3N1[C@@H]25. The van der Waals surface area contributed by atoms with E-state index in [0.29, 0.717) is 19.5 Å². The Labute approximate surface area is 152 Å². The maximum absolute atomic E-state index is 13.8. The van der Waals surface area contributed by atoms with Crippen molar-refractivity contribution in [2.24, 2.45) is 5.92 Å². The van der Waals surface area contributed by atoms with Crippen LogP contribution in [0.5, 0.6) is 0 Å². The number of nitrogens with zero attached hydrogens (tertiary/aromatic N) is 2. The summed E-state index contributed by atoms with van der Waals surface area (Å²) in [4.78, 5) is 14.9. The molecule has 5 atom stereocenters. The van der Waals surface area contributed by atoms with E-state index in [2.05, 4.69) is 18.2 Å². The van der Waals surface area contributed by atoms with Gasteiger partial charge in [-0.3, -0.25) is 4.79 Å². The number of hydroxylamine groups is 3. The molecule has 26 heavy (non-hydrogen) atoms. The van der Waals surface area contributed by atoms with Crippen molar-refractivity contribution in [3.63, 3.8) is 0 Å². The number of fused-ring (bicyclic) bond motifs is 4. The average molecular weight is 350 g/mol. The summed E-state index contributed by atoms with van der Waals surface area (Å²) < 4.78 is -0.192. The topological polar surface area (TPSA) is 63.6 Å². The standard InChI is InChI=1S/C21H22N2O3/c24-10-7-13-12-23(26)9-8-21-16-3-1-2-4-17(16)22-19(25)6-5-14(20(21)22)15(13)11-18(21)23/h1-5,7,15,18,20,24H,6,8-12H2/b13-7-/t15?,18?,20-,21?,23?/m0/s1. The van der Waals surface area contributed by atoms with Crippen molar-refractivity contribution >= 4 is 11.6 Å². The fourth-order valence-electron chi connectivity index (χ4n) is 6.88. The normalized spacial score (nSPS) is 43.4. The summed E-state index contributed by atoms with van der Waals surface area (Å²) in [6, 6.07) is 8.23. The molecule has 4 aliphatic heterocycles. The third-order valence-corrected chi connectivity index (χ3v) is 7.69. The number of rotatable bonds is 1. The Balaban J connectivity index is 1.66. The van der Waals surface area contributed by atoms with E-state index in [0.717, 1.165) is 24.1 Å². The van der Waals surface area contributed by atoms with Gasteiger partial charge in [-0.25, -0.2) is 0 Å². The zero-order chi connectivity index (χ0) is 17.7. The van der Waals surface area contributed by atoms with E-state index >= 15 is 0 Å². The monoisotopic (exact) mass is 350 g/mol. The summed E-state index contributed by atoms with van der Waals surface area (Å²) in [5.74, 6) is 0.347. The average Bonchev–Trinajstić information content (AvgIpc) is 3.13. The maximum Gasteiger partial charge on any atom is 0.231 e. The summed E-state index contributed by atoms with van der Waals surface area (Å²) in [5, 5.41) is 23.3. The van der Waals surface area contributed by atoms with Gasteiger partial charge in [0.15, 0.2) is 0 Å². The molecule has 4 heterocycles. The smallest absolute Gasteiger partial charge is 0.231 e. The Kier molecular flexibility index (Phi) is 2.71. The molecular formula is C21H22N2O3. The number of aliphatic hydroxyl groups is 1. The molecule has 0 aromatic heterocycles. The van der Waals surface area contributed by atoms with Gasteiger partial charge in [0.2, 0.25) is 5.91 Å². The van der Waals surface area contributed by atoms with Gasteiger partial charge in [0, 0.05) is 30.9 Å². The summed E-state index contributed by atoms with van der Waals surface area (Å²) >= 11 is 0. The number of amides is 1. The highest BCUT2D eigenvalue weighted by molar-refractivity contribution is 6.00. The van der Waals surface area contributed by atoms with E-state index in [1.54, 1.807) is 0 Å². The second kappa shape index (κ2) is 4.66. The Morgan fingerprint density at radius 2 is 2.23 bits per heavy atom. The highest BCUT2D eigenvalue weighted by atomic mass is 16.5. The molecule has 1 saturated carbocycles. The Morgan fingerprint density at radius 3 is 3.08 bits per heavy atom. The van der Waals surface area contributed by atoms with Crippen molar-refractivity contribution < 1.29 is 14.5 Å². The highest BCUT2D eigenvalue weighted by Gasteiger charge is 2.71. The minimum Gasteiger partial charge on any atom is -0.632 e. The molecule has 5 nitrogen and oxygen atoms in total. The molecule has 5 aliphatic rings. The minimum absolute atomic E-state index is 0.00235. The van der Waals surface area contributed by atoms with E-state index in [-0.39, 0.29) is 40.6 Å². The van der Waals surface area contributed by atoms with Gasteiger partial charge in [0.05, 0.1) is 24.6 Å². The Hall–Kier alpha value is -1.95. The number of quaternary nitrogens is 1. The molecule has 4 unspecified atom stereocenters. The van der Waals surface area contributed by atoms with Gasteiger partial charge >= 0.3 is 0 Å². The van der Waals surface area contributed by atoms with E-state index in [1.807, 2.05) is 23.1 Å². The summed E-state index contributed by atoms with van der Waals surface area (Å²) in [6.45, 7) is 1.06. The van der Waals surface area contributed by atoms with Crippen LogP contribution in [0.3, 0.4) is 0 Å². The molecule has 1 N–H and O–H groups in total. The van der Waals surface area contributed by atoms with Gasteiger partial charge in [-0.05, 0) is 22.8 Å².